The molecular formula is C16H24O. The molecule has 0 rings (SSSR count). The number of rotatable bonds is 10. The van der Waals surface area contributed by atoms with Crippen molar-refractivity contribution in [3.8, 4) is 11.8 Å². The maximum absolute atomic E-state index is 9.92. The average Bonchev–Trinajstić information content (AvgIpc) is 2.35. The van der Waals surface area contributed by atoms with Gasteiger partial charge in [-0.1, -0.05) is 62.8 Å². The van der Waals surface area contributed by atoms with Gasteiger partial charge < -0.3 is 0 Å². The predicted octanol–water partition coefficient (Wildman–Crippen LogP) is 4.44. The third-order valence-electron chi connectivity index (χ3n) is 2.61. The van der Waals surface area contributed by atoms with Gasteiger partial charge in [0.05, 0.1) is 0 Å². The molecule has 0 fully saturated rings. The van der Waals surface area contributed by atoms with E-state index in [4.69, 9.17) is 0 Å². The molecule has 94 valence electrons. The zero-order valence-corrected chi connectivity index (χ0v) is 10.8. The van der Waals surface area contributed by atoms with E-state index in [1.54, 1.807) is 0 Å². The maximum Gasteiger partial charge on any atom is 0.192 e. The lowest BCUT2D eigenvalue weighted by Crippen LogP contribution is -1.80. The normalized spacial score (nSPS) is 9.88. The van der Waals surface area contributed by atoms with Gasteiger partial charge in [-0.15, -0.1) is 0 Å². The molecule has 0 aromatic rings. The Kier molecular flexibility index (Phi) is 13.6. The third-order valence-corrected chi connectivity index (χ3v) is 2.61. The van der Waals surface area contributed by atoms with Gasteiger partial charge in [0, 0.05) is 6.42 Å². The van der Waals surface area contributed by atoms with Crippen LogP contribution in [0.4, 0.5) is 0 Å². The van der Waals surface area contributed by atoms with Crippen LogP contribution >= 0.6 is 0 Å². The van der Waals surface area contributed by atoms with Crippen LogP contribution in [0.1, 0.15) is 57.8 Å². The summed E-state index contributed by atoms with van der Waals surface area (Å²) in [6, 6.07) is 0. The van der Waals surface area contributed by atoms with Gasteiger partial charge in [0.2, 0.25) is 0 Å². The Bertz CT molecular complexity index is 265. The summed E-state index contributed by atoms with van der Waals surface area (Å²) >= 11 is 0. The Hall–Kier alpha value is -1.29. The third kappa shape index (κ3) is 14.7. The molecule has 0 spiro atoms. The lowest BCUT2D eigenvalue weighted by molar-refractivity contribution is -0.103. The number of aldehydes is 1. The molecule has 0 aromatic carbocycles. The Morgan fingerprint density at radius 2 is 1.59 bits per heavy atom. The van der Waals surface area contributed by atoms with Gasteiger partial charge in [0.25, 0.3) is 0 Å². The van der Waals surface area contributed by atoms with Gasteiger partial charge >= 0.3 is 0 Å². The van der Waals surface area contributed by atoms with Crippen LogP contribution in [-0.4, -0.2) is 6.29 Å². The number of carbonyl (C=O) groups excluding carboxylic acids is 1. The number of hydrogen-bond donors (Lipinski definition) is 0. The van der Waals surface area contributed by atoms with Crippen molar-refractivity contribution >= 4 is 6.29 Å². The molecule has 0 aromatic heterocycles. The summed E-state index contributed by atoms with van der Waals surface area (Å²) in [6.07, 6.45) is 17.7. The zero-order valence-electron chi connectivity index (χ0n) is 10.8. The smallest absolute Gasteiger partial charge is 0.192 e. The molecule has 0 aliphatic heterocycles. The highest BCUT2D eigenvalue weighted by molar-refractivity contribution is 5.72. The minimum atomic E-state index is 0.667. The highest BCUT2D eigenvalue weighted by Gasteiger charge is 1.90. The van der Waals surface area contributed by atoms with Crippen LogP contribution in [-0.2, 0) is 4.79 Å². The lowest BCUT2D eigenvalue weighted by atomic mass is 10.1. The van der Waals surface area contributed by atoms with Crippen molar-refractivity contribution in [3.05, 3.63) is 24.8 Å². The van der Waals surface area contributed by atoms with Crippen molar-refractivity contribution in [3.63, 3.8) is 0 Å². The summed E-state index contributed by atoms with van der Waals surface area (Å²) in [5.41, 5.74) is 0. The largest absolute Gasteiger partial charge is 0.289 e. The summed E-state index contributed by atoms with van der Waals surface area (Å²) in [4.78, 5) is 9.92. The van der Waals surface area contributed by atoms with Gasteiger partial charge in [-0.3, -0.25) is 4.79 Å². The quantitative estimate of drug-likeness (QED) is 0.235. The van der Waals surface area contributed by atoms with Crippen molar-refractivity contribution in [1.29, 1.82) is 0 Å². The summed E-state index contributed by atoms with van der Waals surface area (Å²) in [7, 11) is 0. The highest BCUT2D eigenvalue weighted by Crippen LogP contribution is 2.09. The second kappa shape index (κ2) is 14.7. The molecule has 1 nitrogen and oxygen atoms in total. The topological polar surface area (TPSA) is 17.1 Å². The van der Waals surface area contributed by atoms with E-state index in [0.29, 0.717) is 6.29 Å². The molecule has 0 unspecified atom stereocenters. The molecule has 0 bridgehead atoms. The van der Waals surface area contributed by atoms with Crippen molar-refractivity contribution < 1.29 is 4.79 Å². The first kappa shape index (κ1) is 15.7. The number of unbranched alkanes of at least 4 members (excludes halogenated alkanes) is 8. The molecule has 0 N–H and O–H groups in total. The molecule has 0 aliphatic rings. The van der Waals surface area contributed by atoms with Crippen LogP contribution in [0.25, 0.3) is 0 Å². The van der Waals surface area contributed by atoms with Crippen molar-refractivity contribution in [2.45, 2.75) is 57.8 Å². The molecule has 17 heavy (non-hydrogen) atoms. The van der Waals surface area contributed by atoms with Gasteiger partial charge in [0.15, 0.2) is 6.29 Å². The first-order valence-corrected chi connectivity index (χ1v) is 6.61. The van der Waals surface area contributed by atoms with Crippen molar-refractivity contribution in [2.24, 2.45) is 0 Å². The molecule has 0 aliphatic carbocycles. The van der Waals surface area contributed by atoms with E-state index in [1.165, 1.54) is 44.9 Å². The fourth-order valence-electron chi connectivity index (χ4n) is 1.67. The van der Waals surface area contributed by atoms with E-state index in [9.17, 15) is 4.79 Å². The van der Waals surface area contributed by atoms with E-state index in [0.717, 1.165) is 12.8 Å². The zero-order chi connectivity index (χ0) is 12.6. The van der Waals surface area contributed by atoms with Crippen molar-refractivity contribution in [2.75, 3.05) is 0 Å². The second-order valence-corrected chi connectivity index (χ2v) is 4.12. The summed E-state index contributed by atoms with van der Waals surface area (Å²) < 4.78 is 0. The fraction of sp³-hybridized carbons (Fsp3) is 0.562. The second-order valence-electron chi connectivity index (χ2n) is 4.12. The first-order chi connectivity index (χ1) is 8.41. The minimum absolute atomic E-state index is 0.667. The Balaban J connectivity index is 3.05. The van der Waals surface area contributed by atoms with E-state index >= 15 is 0 Å². The molecular weight excluding hydrogens is 208 g/mol. The van der Waals surface area contributed by atoms with Gasteiger partial charge in [-0.05, 0) is 25.2 Å². The first-order valence-electron chi connectivity index (χ1n) is 6.61. The van der Waals surface area contributed by atoms with Crippen LogP contribution in [0.5, 0.6) is 0 Å². The number of hydrogen-bond acceptors (Lipinski definition) is 1. The Morgan fingerprint density at radius 1 is 0.941 bits per heavy atom. The lowest BCUT2D eigenvalue weighted by Gasteiger charge is -1.99. The number of carbonyl (C=O) groups is 1. The van der Waals surface area contributed by atoms with Crippen LogP contribution in [0.15, 0.2) is 24.8 Å². The molecule has 1 heteroatoms. The maximum atomic E-state index is 9.92. The van der Waals surface area contributed by atoms with Crippen LogP contribution in [0.3, 0.4) is 0 Å². The summed E-state index contributed by atoms with van der Waals surface area (Å²) in [5, 5.41) is 0. The van der Waals surface area contributed by atoms with Crippen LogP contribution in [0, 0.1) is 11.8 Å². The fourth-order valence-corrected chi connectivity index (χ4v) is 1.67. The van der Waals surface area contributed by atoms with Crippen LogP contribution in [0.2, 0.25) is 0 Å². The van der Waals surface area contributed by atoms with Gasteiger partial charge in [0.1, 0.15) is 0 Å². The van der Waals surface area contributed by atoms with E-state index in [2.05, 4.69) is 24.5 Å². The van der Waals surface area contributed by atoms with E-state index < -0.39 is 0 Å². The molecule has 0 saturated heterocycles. The summed E-state index contributed by atoms with van der Waals surface area (Å²) in [6.45, 7) is 3.64. The molecule has 0 radical (unpaired) electrons. The Morgan fingerprint density at radius 3 is 2.24 bits per heavy atom. The average molecular weight is 232 g/mol. The van der Waals surface area contributed by atoms with Gasteiger partial charge in [-0.25, -0.2) is 0 Å². The van der Waals surface area contributed by atoms with Crippen molar-refractivity contribution in [1.82, 2.24) is 0 Å². The standard InChI is InChI=1S/C16H24O/c1-2-3-4-5-6-7-8-9-10-11-12-13-14-15-16-17/h2-4,16H,1,5-13H2. The van der Waals surface area contributed by atoms with Gasteiger partial charge in [-0.2, -0.15) is 0 Å². The molecule has 0 saturated carbocycles. The Labute approximate surface area is 106 Å². The van der Waals surface area contributed by atoms with Crippen LogP contribution < -0.4 is 0 Å². The number of allylic oxidation sites excluding steroid dienone is 3. The minimum Gasteiger partial charge on any atom is -0.289 e. The predicted molar refractivity (Wildman–Crippen MR) is 74.7 cm³/mol. The molecule has 0 heterocycles. The SMILES string of the molecule is C=CC=CCCCCCCCCCC#CC=O. The van der Waals surface area contributed by atoms with E-state index in [1.807, 2.05) is 12.2 Å². The van der Waals surface area contributed by atoms with E-state index in [-0.39, 0.29) is 0 Å². The molecule has 0 amide bonds. The monoisotopic (exact) mass is 232 g/mol. The highest BCUT2D eigenvalue weighted by atomic mass is 16.1. The summed E-state index contributed by atoms with van der Waals surface area (Å²) in [5.74, 6) is 5.27. The molecule has 0 atom stereocenters.